The number of hydrogen-bond acceptors (Lipinski definition) is 4. The average molecular weight is 385 g/mol. The summed E-state index contributed by atoms with van der Waals surface area (Å²) in [6.07, 6.45) is 3.24. The number of hydrogen-bond donors (Lipinski definition) is 1. The Hall–Kier alpha value is -3.86. The molecule has 0 spiro atoms. The first kappa shape index (κ1) is 18.5. The van der Waals surface area contributed by atoms with Crippen molar-refractivity contribution in [3.63, 3.8) is 0 Å². The van der Waals surface area contributed by atoms with Crippen molar-refractivity contribution in [3.05, 3.63) is 95.1 Å². The van der Waals surface area contributed by atoms with Crippen LogP contribution in [0.4, 0.5) is 5.69 Å². The molecule has 5 nitrogen and oxygen atoms in total. The van der Waals surface area contributed by atoms with Crippen molar-refractivity contribution >= 4 is 23.5 Å². The predicted octanol–water partition coefficient (Wildman–Crippen LogP) is 4.87. The summed E-state index contributed by atoms with van der Waals surface area (Å²) in [6.45, 7) is 2.19. The van der Waals surface area contributed by atoms with Crippen LogP contribution in [0, 0.1) is 6.92 Å². The van der Waals surface area contributed by atoms with E-state index in [0.717, 1.165) is 11.1 Å². The van der Waals surface area contributed by atoms with E-state index in [1.807, 2.05) is 37.3 Å². The van der Waals surface area contributed by atoms with Crippen molar-refractivity contribution in [3.8, 4) is 11.5 Å². The Kier molecular flexibility index (Phi) is 5.12. The van der Waals surface area contributed by atoms with Crippen LogP contribution in [0.15, 0.2) is 72.8 Å². The number of aryl methyl sites for hydroxylation is 1. The molecule has 0 radical (unpaired) electrons. The SMILES string of the molecule is Cc1ccc(C(=O)Nc2ccc(C(=O)/C=C/c3ccc4c(c3)OCO4)cc2)cc1. The minimum absolute atomic E-state index is 0.126. The van der Waals surface area contributed by atoms with Crippen molar-refractivity contribution in [1.82, 2.24) is 0 Å². The molecular weight excluding hydrogens is 366 g/mol. The van der Waals surface area contributed by atoms with E-state index in [4.69, 9.17) is 9.47 Å². The molecule has 0 unspecified atom stereocenters. The van der Waals surface area contributed by atoms with Crippen LogP contribution in [-0.4, -0.2) is 18.5 Å². The highest BCUT2D eigenvalue weighted by atomic mass is 16.7. The van der Waals surface area contributed by atoms with Gasteiger partial charge in [0.2, 0.25) is 6.79 Å². The smallest absolute Gasteiger partial charge is 0.255 e. The Balaban J connectivity index is 1.40. The normalized spacial score (nSPS) is 12.2. The number of ether oxygens (including phenoxy) is 2. The molecule has 1 aliphatic rings. The van der Waals surface area contributed by atoms with E-state index in [-0.39, 0.29) is 18.5 Å². The van der Waals surface area contributed by atoms with Crippen molar-refractivity contribution in [2.45, 2.75) is 6.92 Å². The van der Waals surface area contributed by atoms with E-state index >= 15 is 0 Å². The molecule has 3 aromatic rings. The van der Waals surface area contributed by atoms with Crippen molar-refractivity contribution in [2.75, 3.05) is 12.1 Å². The van der Waals surface area contributed by atoms with Gasteiger partial charge in [0, 0.05) is 16.8 Å². The van der Waals surface area contributed by atoms with Gasteiger partial charge >= 0.3 is 0 Å². The van der Waals surface area contributed by atoms with Crippen molar-refractivity contribution in [1.29, 1.82) is 0 Å². The molecule has 3 aromatic carbocycles. The van der Waals surface area contributed by atoms with Crippen LogP contribution in [0.3, 0.4) is 0 Å². The molecule has 0 bridgehead atoms. The average Bonchev–Trinajstić information content (AvgIpc) is 3.21. The lowest BCUT2D eigenvalue weighted by atomic mass is 10.1. The van der Waals surface area contributed by atoms with Gasteiger partial charge in [0.1, 0.15) is 0 Å². The Morgan fingerprint density at radius 2 is 1.55 bits per heavy atom. The van der Waals surface area contributed by atoms with Crippen molar-refractivity contribution in [2.24, 2.45) is 0 Å². The summed E-state index contributed by atoms with van der Waals surface area (Å²) in [7, 11) is 0. The molecule has 5 heteroatoms. The van der Waals surface area contributed by atoms with Gasteiger partial charge in [-0.1, -0.05) is 29.8 Å². The van der Waals surface area contributed by atoms with Crippen molar-refractivity contribution < 1.29 is 19.1 Å². The number of amides is 1. The molecule has 1 amide bonds. The zero-order chi connectivity index (χ0) is 20.2. The molecule has 0 aliphatic carbocycles. The quantitative estimate of drug-likeness (QED) is 0.503. The van der Waals surface area contributed by atoms with Crippen LogP contribution in [0.25, 0.3) is 6.08 Å². The zero-order valence-electron chi connectivity index (χ0n) is 15.8. The predicted molar refractivity (Wildman–Crippen MR) is 112 cm³/mol. The first-order valence-electron chi connectivity index (χ1n) is 9.19. The second kappa shape index (κ2) is 8.02. The number of ketones is 1. The minimum Gasteiger partial charge on any atom is -0.454 e. The van der Waals surface area contributed by atoms with E-state index in [1.165, 1.54) is 6.08 Å². The van der Waals surface area contributed by atoms with E-state index in [0.29, 0.717) is 28.3 Å². The van der Waals surface area contributed by atoms with E-state index < -0.39 is 0 Å². The second-order valence-corrected chi connectivity index (χ2v) is 6.71. The number of carbonyl (C=O) groups is 2. The topological polar surface area (TPSA) is 64.6 Å². The molecule has 0 fully saturated rings. The van der Waals surface area contributed by atoms with E-state index in [2.05, 4.69) is 5.32 Å². The highest BCUT2D eigenvalue weighted by molar-refractivity contribution is 6.08. The first-order valence-corrected chi connectivity index (χ1v) is 9.19. The molecule has 1 heterocycles. The maximum Gasteiger partial charge on any atom is 0.255 e. The monoisotopic (exact) mass is 385 g/mol. The van der Waals surface area contributed by atoms with Crippen LogP contribution in [0.1, 0.15) is 31.8 Å². The molecule has 0 aromatic heterocycles. The third kappa shape index (κ3) is 4.35. The lowest BCUT2D eigenvalue weighted by molar-refractivity contribution is 0.102. The lowest BCUT2D eigenvalue weighted by Gasteiger charge is -2.06. The summed E-state index contributed by atoms with van der Waals surface area (Å²) in [6, 6.07) is 19.7. The molecule has 144 valence electrons. The van der Waals surface area contributed by atoms with Gasteiger partial charge in [-0.05, 0) is 67.1 Å². The number of benzene rings is 3. The standard InChI is InChI=1S/C24H19NO4/c1-16-2-6-19(7-3-16)24(27)25-20-10-8-18(9-11-20)21(26)12-4-17-5-13-22-23(14-17)29-15-28-22/h2-14H,15H2,1H3,(H,25,27)/b12-4+. The van der Waals surface area contributed by atoms with E-state index in [1.54, 1.807) is 42.5 Å². The van der Waals surface area contributed by atoms with Crippen LogP contribution in [0.2, 0.25) is 0 Å². The Morgan fingerprint density at radius 1 is 0.862 bits per heavy atom. The summed E-state index contributed by atoms with van der Waals surface area (Å²) in [4.78, 5) is 24.7. The lowest BCUT2D eigenvalue weighted by Crippen LogP contribution is -2.11. The second-order valence-electron chi connectivity index (χ2n) is 6.71. The third-order valence-electron chi connectivity index (χ3n) is 4.56. The maximum atomic E-state index is 12.4. The van der Waals surface area contributed by atoms with E-state index in [9.17, 15) is 9.59 Å². The highest BCUT2D eigenvalue weighted by Gasteiger charge is 2.12. The highest BCUT2D eigenvalue weighted by Crippen LogP contribution is 2.32. The molecule has 0 saturated carbocycles. The Bertz CT molecular complexity index is 1080. The number of fused-ring (bicyclic) bond motifs is 1. The summed E-state index contributed by atoms with van der Waals surface area (Å²) in [5.74, 6) is 1.07. The first-order chi connectivity index (χ1) is 14.1. The van der Waals surface area contributed by atoms with Gasteiger partial charge in [-0.15, -0.1) is 0 Å². The number of allylic oxidation sites excluding steroid dienone is 1. The summed E-state index contributed by atoms with van der Waals surface area (Å²) < 4.78 is 10.6. The minimum atomic E-state index is -0.188. The van der Waals surface area contributed by atoms with Gasteiger partial charge < -0.3 is 14.8 Å². The molecule has 29 heavy (non-hydrogen) atoms. The summed E-state index contributed by atoms with van der Waals surface area (Å²) >= 11 is 0. The van der Waals surface area contributed by atoms with Gasteiger partial charge in [0.05, 0.1) is 0 Å². The fourth-order valence-electron chi connectivity index (χ4n) is 2.91. The number of anilines is 1. The zero-order valence-corrected chi connectivity index (χ0v) is 15.8. The number of nitrogens with one attached hydrogen (secondary N) is 1. The van der Waals surface area contributed by atoms with Gasteiger partial charge in [0.15, 0.2) is 17.3 Å². The van der Waals surface area contributed by atoms with Gasteiger partial charge in [-0.2, -0.15) is 0 Å². The summed E-state index contributed by atoms with van der Waals surface area (Å²) in [5.41, 5.74) is 3.70. The summed E-state index contributed by atoms with van der Waals surface area (Å²) in [5, 5.41) is 2.83. The van der Waals surface area contributed by atoms with Crippen LogP contribution in [0.5, 0.6) is 11.5 Å². The van der Waals surface area contributed by atoms with Gasteiger partial charge in [-0.25, -0.2) is 0 Å². The molecular formula is C24H19NO4. The number of rotatable bonds is 5. The molecule has 1 aliphatic heterocycles. The molecule has 1 N–H and O–H groups in total. The molecule has 0 saturated heterocycles. The van der Waals surface area contributed by atoms with Crippen LogP contribution in [-0.2, 0) is 0 Å². The Labute approximate surface area is 168 Å². The Morgan fingerprint density at radius 3 is 2.31 bits per heavy atom. The molecule has 4 rings (SSSR count). The van der Waals surface area contributed by atoms with Gasteiger partial charge in [-0.3, -0.25) is 9.59 Å². The van der Waals surface area contributed by atoms with Crippen LogP contribution >= 0.6 is 0 Å². The fourth-order valence-corrected chi connectivity index (χ4v) is 2.91. The molecule has 0 atom stereocenters. The largest absolute Gasteiger partial charge is 0.454 e. The maximum absolute atomic E-state index is 12.4. The van der Waals surface area contributed by atoms with Crippen LogP contribution < -0.4 is 14.8 Å². The van der Waals surface area contributed by atoms with Gasteiger partial charge in [0.25, 0.3) is 5.91 Å². The number of carbonyl (C=O) groups excluding carboxylic acids is 2. The fraction of sp³-hybridized carbons (Fsp3) is 0.0833. The third-order valence-corrected chi connectivity index (χ3v) is 4.56.